The first-order valence-corrected chi connectivity index (χ1v) is 26.0. The minimum absolute atomic E-state index is 0.0328. The quantitative estimate of drug-likeness (QED) is 0.0259. The van der Waals surface area contributed by atoms with E-state index in [9.17, 15) is 19.5 Å². The maximum absolute atomic E-state index is 12.8. The highest BCUT2D eigenvalue weighted by Crippen LogP contribution is 2.15. The van der Waals surface area contributed by atoms with Crippen LogP contribution in [0.4, 0.5) is 0 Å². The zero-order chi connectivity index (χ0) is 47.0. The summed E-state index contributed by atoms with van der Waals surface area (Å²) in [6.45, 7) is 4.45. The summed E-state index contributed by atoms with van der Waals surface area (Å²) in [6, 6.07) is -0.732. The first-order valence-electron chi connectivity index (χ1n) is 26.0. The summed E-state index contributed by atoms with van der Waals surface area (Å²) in [5.41, 5.74) is 0. The van der Waals surface area contributed by atoms with Gasteiger partial charge in [0.2, 0.25) is 0 Å². The van der Waals surface area contributed by atoms with E-state index in [-0.39, 0.29) is 42.7 Å². The summed E-state index contributed by atoms with van der Waals surface area (Å²) in [7, 11) is 5.41. The number of carbonyl (C=O) groups is 3. The zero-order valence-electron chi connectivity index (χ0n) is 41.9. The van der Waals surface area contributed by atoms with Crippen molar-refractivity contribution >= 4 is 17.9 Å². The molecule has 0 saturated heterocycles. The van der Waals surface area contributed by atoms with Gasteiger partial charge in [-0.15, -0.1) is 0 Å². The molecule has 0 aliphatic heterocycles. The van der Waals surface area contributed by atoms with Crippen LogP contribution in [0.2, 0.25) is 0 Å². The molecule has 0 N–H and O–H groups in total. The molecule has 0 rings (SSSR count). The van der Waals surface area contributed by atoms with Gasteiger partial charge in [0.05, 0.1) is 40.3 Å². The lowest BCUT2D eigenvalue weighted by molar-refractivity contribution is -0.889. The number of hydrogen-bond donors (Lipinski definition) is 0. The molecular weight excluding hydrogens is 799 g/mol. The van der Waals surface area contributed by atoms with Crippen LogP contribution < -0.4 is 5.11 Å². The largest absolute Gasteiger partial charge is 0.544 e. The Kier molecular flexibility index (Phi) is 44.0. The van der Waals surface area contributed by atoms with E-state index >= 15 is 0 Å². The molecule has 0 fully saturated rings. The number of quaternary nitrogens is 1. The van der Waals surface area contributed by atoms with Crippen molar-refractivity contribution in [1.29, 1.82) is 0 Å². The van der Waals surface area contributed by atoms with Crippen LogP contribution in [0.15, 0.2) is 72.9 Å². The van der Waals surface area contributed by atoms with Crippen molar-refractivity contribution in [3.05, 3.63) is 72.9 Å². The topological polar surface area (TPSA) is 102 Å². The number of carboxylic acid groups (broad SMARTS) is 1. The molecule has 0 bridgehead atoms. The number of nitrogens with zero attached hydrogens (tertiary/aromatic N) is 1. The Morgan fingerprint density at radius 2 is 0.828 bits per heavy atom. The number of ether oxygens (including phenoxy) is 3. The molecule has 0 aromatic heterocycles. The molecule has 0 saturated carbocycles. The second-order valence-electron chi connectivity index (χ2n) is 18.3. The van der Waals surface area contributed by atoms with Gasteiger partial charge in [0.25, 0.3) is 0 Å². The summed E-state index contributed by atoms with van der Waals surface area (Å²) in [4.78, 5) is 37.1. The van der Waals surface area contributed by atoms with E-state index < -0.39 is 18.1 Å². The molecule has 2 unspecified atom stereocenters. The lowest BCUT2D eigenvalue weighted by Gasteiger charge is -2.34. The molecule has 0 aliphatic carbocycles. The number of carboxylic acids is 1. The minimum atomic E-state index is -1.13. The molecule has 8 heteroatoms. The number of allylic oxidation sites excluding steroid dienone is 12. The van der Waals surface area contributed by atoms with Crippen molar-refractivity contribution in [2.24, 2.45) is 0 Å². The molecule has 0 aromatic rings. The van der Waals surface area contributed by atoms with E-state index in [1.165, 1.54) is 89.9 Å². The van der Waals surface area contributed by atoms with Crippen molar-refractivity contribution in [3.63, 3.8) is 0 Å². The molecule has 64 heavy (non-hydrogen) atoms. The first-order chi connectivity index (χ1) is 31.1. The summed E-state index contributed by atoms with van der Waals surface area (Å²) >= 11 is 0. The van der Waals surface area contributed by atoms with Gasteiger partial charge in [-0.1, -0.05) is 189 Å². The number of aliphatic carboxylic acids is 1. The van der Waals surface area contributed by atoms with E-state index in [0.29, 0.717) is 12.8 Å². The number of unbranched alkanes of at least 4 members (excludes halogenated alkanes) is 20. The summed E-state index contributed by atoms with van der Waals surface area (Å²) in [5, 5.41) is 11.7. The lowest BCUT2D eigenvalue weighted by Crippen LogP contribution is -2.55. The van der Waals surface area contributed by atoms with Crippen LogP contribution in [-0.4, -0.2) is 75.5 Å². The molecule has 8 nitrogen and oxygen atoms in total. The predicted molar refractivity (Wildman–Crippen MR) is 268 cm³/mol. The van der Waals surface area contributed by atoms with Gasteiger partial charge in [-0.3, -0.25) is 9.59 Å². The average Bonchev–Trinajstić information content (AvgIpc) is 3.26. The Morgan fingerprint density at radius 1 is 0.469 bits per heavy atom. The summed E-state index contributed by atoms with van der Waals surface area (Å²) in [6.07, 6.45) is 59.3. The molecule has 368 valence electrons. The number of hydrogen-bond acceptors (Lipinski definition) is 7. The fourth-order valence-corrected chi connectivity index (χ4v) is 7.39. The molecule has 0 spiro atoms. The average molecular weight is 896 g/mol. The maximum Gasteiger partial charge on any atom is 0.306 e. The third-order valence-corrected chi connectivity index (χ3v) is 11.3. The monoisotopic (exact) mass is 896 g/mol. The summed E-state index contributed by atoms with van der Waals surface area (Å²) < 4.78 is 17.2. The minimum Gasteiger partial charge on any atom is -0.544 e. The van der Waals surface area contributed by atoms with Gasteiger partial charge >= 0.3 is 11.9 Å². The van der Waals surface area contributed by atoms with E-state index in [4.69, 9.17) is 14.2 Å². The van der Waals surface area contributed by atoms with E-state index in [1.54, 1.807) is 21.1 Å². The van der Waals surface area contributed by atoms with Crippen LogP contribution in [0, 0.1) is 0 Å². The SMILES string of the molecule is CC/C=C/C/C=C/C/C=C/C/C=C/CCCCCCCCC(=O)OC(COCCC(C(=O)[O-])[N+](C)(C)C)COC(=O)CCCCCCCCCCCCCCCC/C=C/C/C=C/CC. The Labute approximate surface area is 393 Å². The molecular formula is C56H97NO7. The molecule has 0 amide bonds. The van der Waals surface area contributed by atoms with Gasteiger partial charge in [-0.05, 0) is 77.0 Å². The van der Waals surface area contributed by atoms with Crippen LogP contribution in [0.5, 0.6) is 0 Å². The van der Waals surface area contributed by atoms with Crippen molar-refractivity contribution in [2.75, 3.05) is 41.0 Å². The van der Waals surface area contributed by atoms with Crippen LogP contribution in [0.3, 0.4) is 0 Å². The number of likely N-dealkylation sites (N-methyl/N-ethyl adjacent to an activating group) is 1. The Morgan fingerprint density at radius 3 is 1.22 bits per heavy atom. The molecule has 0 radical (unpaired) electrons. The highest BCUT2D eigenvalue weighted by molar-refractivity contribution is 5.70. The van der Waals surface area contributed by atoms with Crippen LogP contribution in [-0.2, 0) is 28.6 Å². The molecule has 0 aromatic carbocycles. The van der Waals surface area contributed by atoms with Gasteiger partial charge in [0.1, 0.15) is 12.6 Å². The fourth-order valence-electron chi connectivity index (χ4n) is 7.39. The van der Waals surface area contributed by atoms with Gasteiger partial charge in [0.15, 0.2) is 6.10 Å². The van der Waals surface area contributed by atoms with Gasteiger partial charge in [-0.2, -0.15) is 0 Å². The lowest BCUT2D eigenvalue weighted by atomic mass is 10.0. The highest BCUT2D eigenvalue weighted by atomic mass is 16.6. The smallest absolute Gasteiger partial charge is 0.306 e. The zero-order valence-corrected chi connectivity index (χ0v) is 41.9. The molecule has 0 aliphatic rings. The van der Waals surface area contributed by atoms with Crippen molar-refractivity contribution in [1.82, 2.24) is 0 Å². The Bertz CT molecular complexity index is 1270. The van der Waals surface area contributed by atoms with Gasteiger partial charge in [-0.25, -0.2) is 0 Å². The normalized spacial score (nSPS) is 13.5. The number of carbonyl (C=O) groups excluding carboxylic acids is 3. The van der Waals surface area contributed by atoms with E-state index in [0.717, 1.165) is 89.9 Å². The van der Waals surface area contributed by atoms with Crippen molar-refractivity contribution in [2.45, 2.75) is 225 Å². The van der Waals surface area contributed by atoms with Crippen LogP contribution >= 0.6 is 0 Å². The van der Waals surface area contributed by atoms with Crippen LogP contribution in [0.25, 0.3) is 0 Å². The van der Waals surface area contributed by atoms with Crippen molar-refractivity contribution in [3.8, 4) is 0 Å². The third kappa shape index (κ3) is 44.0. The first kappa shape index (κ1) is 60.8. The fraction of sp³-hybridized carbons (Fsp3) is 0.732. The second kappa shape index (κ2) is 46.3. The standard InChI is InChI=1S/C56H97NO7/c1-6-8-10-12-14-16-18-20-22-24-26-27-29-30-32-34-36-38-40-42-44-46-54(58)63-51-52(50-62-49-48-53(56(60)61)57(3,4)5)64-55(59)47-45-43-41-39-37-35-33-31-28-25-23-21-19-17-15-13-11-9-7-2/h8-11,14-17,21,23,28,31,52-53H,6-7,12-13,18-20,22,24-27,29-30,32-51H2,1-5H3/b10-8+,11-9+,16-14+,17-15+,23-21+,31-28+. The Hall–Kier alpha value is -3.23. The van der Waals surface area contributed by atoms with E-state index in [2.05, 4.69) is 86.8 Å². The number of esters is 2. The number of rotatable bonds is 46. The second-order valence-corrected chi connectivity index (χ2v) is 18.3. The highest BCUT2D eigenvalue weighted by Gasteiger charge is 2.25. The van der Waals surface area contributed by atoms with E-state index in [1.807, 2.05) is 0 Å². The molecule has 0 heterocycles. The third-order valence-electron chi connectivity index (χ3n) is 11.3. The van der Waals surface area contributed by atoms with Crippen molar-refractivity contribution < 1.29 is 38.2 Å². The van der Waals surface area contributed by atoms with Crippen LogP contribution in [0.1, 0.15) is 213 Å². The molecule has 2 atom stereocenters. The Balaban J connectivity index is 4.25. The predicted octanol–water partition coefficient (Wildman–Crippen LogP) is 13.8. The maximum atomic E-state index is 12.8. The summed E-state index contributed by atoms with van der Waals surface area (Å²) in [5.74, 6) is -1.75. The van der Waals surface area contributed by atoms with Gasteiger partial charge < -0.3 is 28.6 Å². The van der Waals surface area contributed by atoms with Gasteiger partial charge in [0, 0.05) is 19.3 Å².